The van der Waals surface area contributed by atoms with Crippen LogP contribution in [0, 0.1) is 40.7 Å². The van der Waals surface area contributed by atoms with Gasteiger partial charge in [0.25, 0.3) is 0 Å². The van der Waals surface area contributed by atoms with Gasteiger partial charge in [0.2, 0.25) is 0 Å². The summed E-state index contributed by atoms with van der Waals surface area (Å²) in [5.74, 6) is -8.22. The highest BCUT2D eigenvalue weighted by atomic mass is 19.2. The second-order valence-electron chi connectivity index (χ2n) is 8.53. The van der Waals surface area contributed by atoms with Crippen LogP contribution in [0.4, 0.5) is 30.7 Å². The molecule has 0 heterocycles. The van der Waals surface area contributed by atoms with Gasteiger partial charge < -0.3 is 0 Å². The minimum Gasteiger partial charge on any atom is -0.206 e. The van der Waals surface area contributed by atoms with Gasteiger partial charge >= 0.3 is 0 Å². The van der Waals surface area contributed by atoms with E-state index in [4.69, 9.17) is 0 Å². The van der Waals surface area contributed by atoms with Crippen LogP contribution in [0.1, 0.15) is 30.0 Å². The highest BCUT2D eigenvalue weighted by Crippen LogP contribution is 2.33. The van der Waals surface area contributed by atoms with Gasteiger partial charge in [0.15, 0.2) is 29.1 Å². The third-order valence-corrected chi connectivity index (χ3v) is 6.03. The Bertz CT molecular complexity index is 1400. The van der Waals surface area contributed by atoms with Crippen LogP contribution in [0.25, 0.3) is 22.3 Å². The van der Waals surface area contributed by atoms with E-state index < -0.39 is 40.7 Å². The summed E-state index contributed by atoms with van der Waals surface area (Å²) in [5, 5.41) is 0. The lowest BCUT2D eigenvalue weighted by atomic mass is 9.96. The van der Waals surface area contributed by atoms with E-state index in [0.717, 1.165) is 30.2 Å². The highest BCUT2D eigenvalue weighted by molar-refractivity contribution is 5.72. The quantitative estimate of drug-likeness (QED) is 0.175. The topological polar surface area (TPSA) is 0 Å². The van der Waals surface area contributed by atoms with Crippen LogP contribution in [0.15, 0.2) is 60.7 Å². The lowest BCUT2D eigenvalue weighted by molar-refractivity contribution is 0.445. The van der Waals surface area contributed by atoms with Gasteiger partial charge in [-0.05, 0) is 65.8 Å². The van der Waals surface area contributed by atoms with Crippen molar-refractivity contribution in [3.8, 4) is 22.3 Å². The molecule has 0 aliphatic carbocycles. The van der Waals surface area contributed by atoms with Gasteiger partial charge in [-0.25, -0.2) is 30.7 Å². The number of rotatable bonds is 7. The van der Waals surface area contributed by atoms with Crippen LogP contribution in [-0.4, -0.2) is 0 Å². The van der Waals surface area contributed by atoms with Gasteiger partial charge in [-0.1, -0.05) is 49.7 Å². The van der Waals surface area contributed by atoms with E-state index in [0.29, 0.717) is 6.42 Å². The van der Waals surface area contributed by atoms with Crippen molar-refractivity contribution in [2.45, 2.75) is 32.6 Å². The van der Waals surface area contributed by atoms with E-state index in [1.807, 2.05) is 6.92 Å². The number of hydrogen-bond donors (Lipinski definition) is 0. The predicted molar refractivity (Wildman–Crippen MR) is 125 cm³/mol. The van der Waals surface area contributed by atoms with Crippen LogP contribution in [0.2, 0.25) is 0 Å². The van der Waals surface area contributed by atoms with Crippen LogP contribution < -0.4 is 0 Å². The monoisotopic (exact) mass is 502 g/mol. The molecule has 4 aromatic carbocycles. The third kappa shape index (κ3) is 5.15. The Labute approximate surface area is 204 Å². The van der Waals surface area contributed by atoms with Crippen molar-refractivity contribution in [1.82, 2.24) is 0 Å². The molecule has 36 heavy (non-hydrogen) atoms. The van der Waals surface area contributed by atoms with Crippen molar-refractivity contribution >= 4 is 0 Å². The molecule has 4 aromatic rings. The Hall–Kier alpha value is -3.61. The molecular formula is C29H21F7. The first kappa shape index (κ1) is 25.5. The summed E-state index contributed by atoms with van der Waals surface area (Å²) in [6.07, 6.45) is 1.37. The zero-order valence-electron chi connectivity index (χ0n) is 19.2. The summed E-state index contributed by atoms with van der Waals surface area (Å²) >= 11 is 0. The molecule has 0 saturated heterocycles. The fourth-order valence-corrected chi connectivity index (χ4v) is 4.16. The first-order valence-corrected chi connectivity index (χ1v) is 11.4. The summed E-state index contributed by atoms with van der Waals surface area (Å²) in [4.78, 5) is 0. The normalized spacial score (nSPS) is 11.2. The lowest BCUT2D eigenvalue weighted by Crippen LogP contribution is -2.02. The number of benzene rings is 4. The maximum absolute atomic E-state index is 14.9. The average molecular weight is 502 g/mol. The molecule has 0 atom stereocenters. The lowest BCUT2D eigenvalue weighted by Gasteiger charge is -2.12. The second kappa shape index (κ2) is 10.6. The van der Waals surface area contributed by atoms with Crippen LogP contribution in [0.3, 0.4) is 0 Å². The summed E-state index contributed by atoms with van der Waals surface area (Å²) in [6.45, 7) is 1.97. The molecule has 0 bridgehead atoms. The fraction of sp³-hybridized carbons (Fsp3) is 0.172. The molecule has 0 aromatic heterocycles. The third-order valence-electron chi connectivity index (χ3n) is 6.03. The van der Waals surface area contributed by atoms with Gasteiger partial charge in [0, 0.05) is 16.7 Å². The molecule has 0 aliphatic heterocycles. The largest absolute Gasteiger partial charge is 0.206 e. The van der Waals surface area contributed by atoms with Crippen molar-refractivity contribution in [2.24, 2.45) is 0 Å². The molecule has 186 valence electrons. The molecule has 0 fully saturated rings. The van der Waals surface area contributed by atoms with E-state index in [1.165, 1.54) is 30.3 Å². The van der Waals surface area contributed by atoms with Gasteiger partial charge in [-0.2, -0.15) is 0 Å². The Morgan fingerprint density at radius 2 is 1.08 bits per heavy atom. The average Bonchev–Trinajstić information content (AvgIpc) is 2.84. The first-order chi connectivity index (χ1) is 17.2. The molecule has 4 rings (SSSR count). The molecule has 0 amide bonds. The van der Waals surface area contributed by atoms with Crippen LogP contribution >= 0.6 is 0 Å². The molecule has 0 saturated carbocycles. The van der Waals surface area contributed by atoms with Gasteiger partial charge in [0.05, 0.1) is 0 Å². The van der Waals surface area contributed by atoms with Gasteiger partial charge in [-0.15, -0.1) is 0 Å². The van der Waals surface area contributed by atoms with Crippen molar-refractivity contribution < 1.29 is 30.7 Å². The maximum Gasteiger partial charge on any atom is 0.194 e. The molecule has 0 spiro atoms. The molecule has 0 radical (unpaired) electrons. The Morgan fingerprint density at radius 1 is 0.472 bits per heavy atom. The smallest absolute Gasteiger partial charge is 0.194 e. The van der Waals surface area contributed by atoms with Gasteiger partial charge in [0.1, 0.15) is 11.6 Å². The minimum atomic E-state index is -1.61. The van der Waals surface area contributed by atoms with Gasteiger partial charge in [-0.3, -0.25) is 0 Å². The van der Waals surface area contributed by atoms with Crippen molar-refractivity contribution in [1.29, 1.82) is 0 Å². The predicted octanol–water partition coefficient (Wildman–Crippen LogP) is 8.73. The van der Waals surface area contributed by atoms with E-state index in [2.05, 4.69) is 0 Å². The molecule has 0 unspecified atom stereocenters. The van der Waals surface area contributed by atoms with E-state index in [9.17, 15) is 30.7 Å². The van der Waals surface area contributed by atoms with Crippen molar-refractivity contribution in [3.63, 3.8) is 0 Å². The Morgan fingerprint density at radius 3 is 1.72 bits per heavy atom. The van der Waals surface area contributed by atoms with E-state index >= 15 is 0 Å². The van der Waals surface area contributed by atoms with E-state index in [1.54, 1.807) is 12.1 Å². The Kier molecular flexibility index (Phi) is 7.48. The summed E-state index contributed by atoms with van der Waals surface area (Å²) in [6, 6.07) is 12.5. The standard InChI is InChI=1S/C29H21F7/c1-2-3-16-5-9-20(23(30)12-16)19-8-10-21(24(31)15-19)22-11-7-18(27(34)28(22)35)6-4-17-13-25(32)29(36)26(33)14-17/h5,7-15H,2-4,6H2,1H3. The first-order valence-electron chi connectivity index (χ1n) is 11.4. The summed E-state index contributed by atoms with van der Waals surface area (Å²) in [7, 11) is 0. The van der Waals surface area contributed by atoms with Crippen LogP contribution in [0.5, 0.6) is 0 Å². The minimum absolute atomic E-state index is 0.0739. The van der Waals surface area contributed by atoms with Crippen molar-refractivity contribution in [3.05, 3.63) is 118 Å². The maximum atomic E-state index is 14.9. The molecule has 0 N–H and O–H groups in total. The molecule has 0 aliphatic rings. The number of hydrogen-bond acceptors (Lipinski definition) is 0. The summed E-state index contributed by atoms with van der Waals surface area (Å²) < 4.78 is 99.0. The fourth-order valence-electron chi connectivity index (χ4n) is 4.16. The van der Waals surface area contributed by atoms with Crippen LogP contribution in [-0.2, 0) is 19.3 Å². The van der Waals surface area contributed by atoms with Crippen molar-refractivity contribution in [2.75, 3.05) is 0 Å². The number of halogens is 7. The number of aryl methyl sites for hydroxylation is 3. The molecule has 0 nitrogen and oxygen atoms in total. The zero-order chi connectivity index (χ0) is 26.0. The SMILES string of the molecule is CCCc1ccc(-c2ccc(-c3ccc(CCc4cc(F)c(F)c(F)c4)c(F)c3F)c(F)c2)c(F)c1. The zero-order valence-corrected chi connectivity index (χ0v) is 19.2. The Balaban J connectivity index is 1.58. The summed E-state index contributed by atoms with van der Waals surface area (Å²) in [5.41, 5.74) is 0.733. The molecular weight excluding hydrogens is 481 g/mol. The highest BCUT2D eigenvalue weighted by Gasteiger charge is 2.19. The second-order valence-corrected chi connectivity index (χ2v) is 8.53. The molecule has 7 heteroatoms. The van der Waals surface area contributed by atoms with E-state index in [-0.39, 0.29) is 46.2 Å².